The van der Waals surface area contributed by atoms with Crippen molar-refractivity contribution in [1.82, 2.24) is 15.3 Å². The molecular weight excluding hydrogens is 563 g/mol. The standard InChI is InChI=1S/C35H36ClFN4O2/c1-5-23-15-28(43-27-8-6-7-26(36)18-27)9-10-34(23)41-22(4)30(20-38-41)35(42)33-17-25-16-31(37)29(19-32(25)39-33)24-11-13-40(14-12-24)21(2)3/h5-10,15-19,21,24,38-39H,1,11-14,20H2,2-4H3. The summed E-state index contributed by atoms with van der Waals surface area (Å²) in [7, 11) is 0. The largest absolute Gasteiger partial charge is 0.457 e. The molecule has 2 aliphatic heterocycles. The molecule has 0 aliphatic carbocycles. The van der Waals surface area contributed by atoms with E-state index in [-0.39, 0.29) is 17.5 Å². The lowest BCUT2D eigenvalue weighted by Gasteiger charge is -2.34. The normalized spacial score (nSPS) is 16.5. The minimum absolute atomic E-state index is 0.114. The topological polar surface area (TPSA) is 60.6 Å². The van der Waals surface area contributed by atoms with Gasteiger partial charge in [-0.25, -0.2) is 9.82 Å². The lowest BCUT2D eigenvalue weighted by molar-refractivity contribution is 0.102. The number of carbonyl (C=O) groups is 1. The van der Waals surface area contributed by atoms with Gasteiger partial charge < -0.3 is 14.6 Å². The SMILES string of the molecule is C=Cc1cc(Oc2cccc(Cl)c2)ccc1N1NCC(C(=O)c2cc3cc(F)c(C4CCN(C(C)C)CC4)cc3[nH]2)=C1C. The van der Waals surface area contributed by atoms with Gasteiger partial charge in [0.15, 0.2) is 0 Å². The van der Waals surface area contributed by atoms with Crippen LogP contribution in [0.2, 0.25) is 5.02 Å². The number of aromatic nitrogens is 1. The molecule has 3 heterocycles. The number of fused-ring (bicyclic) bond motifs is 1. The first kappa shape index (κ1) is 29.2. The fraction of sp³-hybridized carbons (Fsp3) is 0.286. The first-order chi connectivity index (χ1) is 20.7. The molecule has 8 heteroatoms. The van der Waals surface area contributed by atoms with E-state index in [0.29, 0.717) is 45.8 Å². The van der Waals surface area contributed by atoms with Crippen molar-refractivity contribution in [3.8, 4) is 11.5 Å². The number of Topliss-reactive ketones (excluding diaryl/α,β-unsaturated/α-hetero) is 1. The number of aromatic amines is 1. The number of benzene rings is 3. The van der Waals surface area contributed by atoms with E-state index < -0.39 is 0 Å². The number of nitrogens with zero attached hydrogens (tertiary/aromatic N) is 2. The summed E-state index contributed by atoms with van der Waals surface area (Å²) in [5, 5.41) is 3.20. The zero-order valence-electron chi connectivity index (χ0n) is 24.7. The van der Waals surface area contributed by atoms with E-state index in [1.165, 1.54) is 0 Å². The number of hydrogen-bond acceptors (Lipinski definition) is 5. The van der Waals surface area contributed by atoms with Crippen molar-refractivity contribution < 1.29 is 13.9 Å². The van der Waals surface area contributed by atoms with Crippen molar-refractivity contribution in [2.75, 3.05) is 24.6 Å². The molecule has 0 unspecified atom stereocenters. The summed E-state index contributed by atoms with van der Waals surface area (Å²) in [5.74, 6) is 1.16. The van der Waals surface area contributed by atoms with Gasteiger partial charge in [0.2, 0.25) is 5.78 Å². The molecule has 1 aromatic heterocycles. The third kappa shape index (κ3) is 5.85. The molecule has 6 rings (SSSR count). The fourth-order valence-electron chi connectivity index (χ4n) is 6.17. The smallest absolute Gasteiger partial charge is 0.208 e. The Hall–Kier alpha value is -3.91. The highest BCUT2D eigenvalue weighted by atomic mass is 35.5. The first-order valence-electron chi connectivity index (χ1n) is 14.8. The highest BCUT2D eigenvalue weighted by Crippen LogP contribution is 2.35. The third-order valence-electron chi connectivity index (χ3n) is 8.63. The Kier molecular flexibility index (Phi) is 8.14. The first-order valence-corrected chi connectivity index (χ1v) is 15.1. The number of carbonyl (C=O) groups excluding carboxylic acids is 1. The molecule has 6 nitrogen and oxygen atoms in total. The number of anilines is 1. The lowest BCUT2D eigenvalue weighted by Crippen LogP contribution is -2.38. The van der Waals surface area contributed by atoms with Gasteiger partial charge in [-0.05, 0) is 113 Å². The number of ether oxygens (including phenoxy) is 1. The predicted molar refractivity (Wildman–Crippen MR) is 173 cm³/mol. The van der Waals surface area contributed by atoms with E-state index in [2.05, 4.69) is 35.7 Å². The van der Waals surface area contributed by atoms with Gasteiger partial charge in [0.05, 0.1) is 11.4 Å². The van der Waals surface area contributed by atoms with Crippen LogP contribution in [-0.2, 0) is 0 Å². The summed E-state index contributed by atoms with van der Waals surface area (Å²) in [5.41, 5.74) is 8.43. The molecule has 0 radical (unpaired) electrons. The average Bonchev–Trinajstić information content (AvgIpc) is 3.59. The molecule has 3 aromatic carbocycles. The van der Waals surface area contributed by atoms with Crippen LogP contribution in [0.4, 0.5) is 10.1 Å². The lowest BCUT2D eigenvalue weighted by atomic mass is 9.88. The van der Waals surface area contributed by atoms with Crippen LogP contribution in [0.3, 0.4) is 0 Å². The van der Waals surface area contributed by atoms with Crippen LogP contribution in [0.25, 0.3) is 17.0 Å². The molecule has 2 N–H and O–H groups in total. The number of likely N-dealkylation sites (tertiary alicyclic amines) is 1. The van der Waals surface area contributed by atoms with Gasteiger partial charge in [-0.3, -0.25) is 9.80 Å². The maximum absolute atomic E-state index is 15.3. The summed E-state index contributed by atoms with van der Waals surface area (Å²) in [6.07, 6.45) is 3.62. The molecule has 0 spiro atoms. The Morgan fingerprint density at radius 2 is 1.86 bits per heavy atom. The molecule has 1 saturated heterocycles. The number of nitrogens with one attached hydrogen (secondary N) is 2. The summed E-state index contributed by atoms with van der Waals surface area (Å²) in [6, 6.07) is 18.7. The Bertz CT molecular complexity index is 1740. The second kappa shape index (κ2) is 12.0. The minimum Gasteiger partial charge on any atom is -0.457 e. The molecule has 222 valence electrons. The molecular formula is C35H36ClFN4O2. The zero-order chi connectivity index (χ0) is 30.2. The van der Waals surface area contributed by atoms with Crippen molar-refractivity contribution >= 4 is 40.1 Å². The van der Waals surface area contributed by atoms with Crippen LogP contribution in [0.1, 0.15) is 61.1 Å². The molecule has 43 heavy (non-hydrogen) atoms. The number of H-pyrrole nitrogens is 1. The van der Waals surface area contributed by atoms with Crippen molar-refractivity contribution in [3.63, 3.8) is 0 Å². The van der Waals surface area contributed by atoms with Gasteiger partial charge in [0, 0.05) is 45.3 Å². The Balaban J connectivity index is 1.22. The molecule has 0 atom stereocenters. The van der Waals surface area contributed by atoms with E-state index >= 15 is 4.39 Å². The number of allylic oxidation sites excluding steroid dienone is 1. The van der Waals surface area contributed by atoms with E-state index in [1.807, 2.05) is 48.3 Å². The van der Waals surface area contributed by atoms with Gasteiger partial charge in [0.1, 0.15) is 17.3 Å². The number of piperidine rings is 1. The number of ketones is 1. The van der Waals surface area contributed by atoms with Crippen molar-refractivity contribution in [2.24, 2.45) is 0 Å². The van der Waals surface area contributed by atoms with E-state index in [4.69, 9.17) is 16.3 Å². The number of hydrazine groups is 1. The summed E-state index contributed by atoms with van der Waals surface area (Å²) >= 11 is 6.10. The van der Waals surface area contributed by atoms with E-state index in [0.717, 1.165) is 54.0 Å². The maximum Gasteiger partial charge on any atom is 0.208 e. The molecule has 2 aliphatic rings. The Morgan fingerprint density at radius 3 is 2.58 bits per heavy atom. The molecule has 0 amide bonds. The van der Waals surface area contributed by atoms with Gasteiger partial charge in [-0.2, -0.15) is 0 Å². The average molecular weight is 599 g/mol. The maximum atomic E-state index is 15.3. The highest BCUT2D eigenvalue weighted by molar-refractivity contribution is 6.30. The van der Waals surface area contributed by atoms with Gasteiger partial charge in [0.25, 0.3) is 0 Å². The fourth-order valence-corrected chi connectivity index (χ4v) is 6.35. The Labute approximate surface area is 256 Å². The molecule has 1 fully saturated rings. The molecule has 4 aromatic rings. The minimum atomic E-state index is -0.197. The Morgan fingerprint density at radius 1 is 1.09 bits per heavy atom. The number of rotatable bonds is 8. The number of hydrogen-bond donors (Lipinski definition) is 2. The van der Waals surface area contributed by atoms with Crippen molar-refractivity contribution in [3.05, 3.63) is 106 Å². The monoisotopic (exact) mass is 598 g/mol. The molecule has 0 saturated carbocycles. The van der Waals surface area contributed by atoms with Crippen molar-refractivity contribution in [2.45, 2.75) is 45.6 Å². The number of halogens is 2. The predicted octanol–water partition coefficient (Wildman–Crippen LogP) is 8.47. The van der Waals surface area contributed by atoms with E-state index in [9.17, 15) is 4.79 Å². The van der Waals surface area contributed by atoms with Crippen LogP contribution < -0.4 is 15.2 Å². The summed E-state index contributed by atoms with van der Waals surface area (Å²) in [6.45, 7) is 12.6. The summed E-state index contributed by atoms with van der Waals surface area (Å²) < 4.78 is 21.2. The van der Waals surface area contributed by atoms with Crippen LogP contribution in [-0.4, -0.2) is 41.3 Å². The highest BCUT2D eigenvalue weighted by Gasteiger charge is 2.29. The van der Waals surface area contributed by atoms with Crippen LogP contribution in [0.5, 0.6) is 11.5 Å². The summed E-state index contributed by atoms with van der Waals surface area (Å²) in [4.78, 5) is 19.4. The molecule has 0 bridgehead atoms. The van der Waals surface area contributed by atoms with Crippen molar-refractivity contribution in [1.29, 1.82) is 0 Å². The van der Waals surface area contributed by atoms with Crippen LogP contribution >= 0.6 is 11.6 Å². The van der Waals surface area contributed by atoms with Gasteiger partial charge in [-0.1, -0.05) is 30.3 Å². The van der Waals surface area contributed by atoms with Crippen LogP contribution in [0, 0.1) is 5.82 Å². The second-order valence-corrected chi connectivity index (χ2v) is 12.0. The second-order valence-electron chi connectivity index (χ2n) is 11.6. The van der Waals surface area contributed by atoms with Gasteiger partial charge in [-0.15, -0.1) is 0 Å². The third-order valence-corrected chi connectivity index (χ3v) is 8.87. The quantitative estimate of drug-likeness (QED) is 0.199. The zero-order valence-corrected chi connectivity index (χ0v) is 25.5. The van der Waals surface area contributed by atoms with Crippen LogP contribution in [0.15, 0.2) is 78.5 Å². The van der Waals surface area contributed by atoms with E-state index in [1.54, 1.807) is 30.3 Å². The van der Waals surface area contributed by atoms with Gasteiger partial charge >= 0.3 is 0 Å².